The molecule has 0 spiro atoms. The van der Waals surface area contributed by atoms with E-state index in [-0.39, 0.29) is 5.91 Å². The molecule has 1 amide bonds. The predicted molar refractivity (Wildman–Crippen MR) is 113 cm³/mol. The lowest BCUT2D eigenvalue weighted by Gasteiger charge is -2.36. The number of nitrogens with zero attached hydrogens (tertiary/aromatic N) is 2. The summed E-state index contributed by atoms with van der Waals surface area (Å²) in [4.78, 5) is 17.2. The Morgan fingerprint density at radius 2 is 1.81 bits per heavy atom. The van der Waals surface area contributed by atoms with Crippen LogP contribution in [0.5, 0.6) is 0 Å². The Hall–Kier alpha value is -1.27. The molecule has 3 rings (SSSR count). The molecule has 0 bridgehead atoms. The van der Waals surface area contributed by atoms with Crippen LogP contribution >= 0.6 is 39.1 Å². The molecule has 1 N–H and O–H groups in total. The first kappa shape index (κ1) is 19.5. The number of hydrogen-bond donors (Lipinski definition) is 1. The van der Waals surface area contributed by atoms with Crippen LogP contribution in [0.2, 0.25) is 10.0 Å². The van der Waals surface area contributed by atoms with Crippen LogP contribution in [0.1, 0.15) is 17.3 Å². The number of benzene rings is 2. The van der Waals surface area contributed by atoms with E-state index < -0.39 is 0 Å². The molecule has 0 unspecified atom stereocenters. The molecule has 1 aliphatic rings. The van der Waals surface area contributed by atoms with Gasteiger partial charge in [0.25, 0.3) is 5.91 Å². The van der Waals surface area contributed by atoms with Gasteiger partial charge in [-0.15, -0.1) is 0 Å². The molecule has 0 saturated carbocycles. The van der Waals surface area contributed by atoms with Crippen molar-refractivity contribution in [1.29, 1.82) is 0 Å². The monoisotopic (exact) mass is 455 g/mol. The van der Waals surface area contributed by atoms with Gasteiger partial charge in [0, 0.05) is 36.3 Å². The summed E-state index contributed by atoms with van der Waals surface area (Å²) in [5, 5.41) is 3.90. The average molecular weight is 457 g/mol. The Labute approximate surface area is 172 Å². The lowest BCUT2D eigenvalue weighted by atomic mass is 10.2. The minimum absolute atomic E-state index is 0.267. The topological polar surface area (TPSA) is 35.6 Å². The number of rotatable bonds is 4. The Kier molecular flexibility index (Phi) is 6.46. The maximum Gasteiger partial charge on any atom is 0.257 e. The van der Waals surface area contributed by atoms with Crippen molar-refractivity contribution in [3.8, 4) is 0 Å². The van der Waals surface area contributed by atoms with Gasteiger partial charge in [0.1, 0.15) is 0 Å². The summed E-state index contributed by atoms with van der Waals surface area (Å²) >= 11 is 16.0. The lowest BCUT2D eigenvalue weighted by Crippen LogP contribution is -2.46. The summed E-state index contributed by atoms with van der Waals surface area (Å²) in [6.07, 6.45) is 0. The van der Waals surface area contributed by atoms with Crippen LogP contribution in [0.25, 0.3) is 0 Å². The fraction of sp³-hybridized carbons (Fsp3) is 0.316. The van der Waals surface area contributed by atoms with E-state index in [1.165, 1.54) is 0 Å². The molecule has 0 aliphatic carbocycles. The zero-order chi connectivity index (χ0) is 18.7. The number of anilines is 2. The van der Waals surface area contributed by atoms with Gasteiger partial charge in [-0.05, 0) is 42.9 Å². The smallest absolute Gasteiger partial charge is 0.257 e. The van der Waals surface area contributed by atoms with E-state index in [9.17, 15) is 4.79 Å². The molecule has 1 saturated heterocycles. The van der Waals surface area contributed by atoms with Gasteiger partial charge in [-0.3, -0.25) is 4.79 Å². The van der Waals surface area contributed by atoms with Crippen LogP contribution in [0.3, 0.4) is 0 Å². The third-order valence-electron chi connectivity index (χ3n) is 4.54. The largest absolute Gasteiger partial charge is 0.368 e. The Morgan fingerprint density at radius 1 is 1.08 bits per heavy atom. The Morgan fingerprint density at radius 3 is 2.46 bits per heavy atom. The fourth-order valence-corrected chi connectivity index (χ4v) is 3.88. The highest BCUT2D eigenvalue weighted by Gasteiger charge is 2.18. The Bertz CT molecular complexity index is 807. The molecule has 4 nitrogen and oxygen atoms in total. The van der Waals surface area contributed by atoms with Crippen LogP contribution < -0.4 is 10.2 Å². The molecule has 138 valence electrons. The highest BCUT2D eigenvalue weighted by atomic mass is 79.9. The van der Waals surface area contributed by atoms with Crippen molar-refractivity contribution in [2.75, 3.05) is 42.9 Å². The summed E-state index contributed by atoms with van der Waals surface area (Å²) < 4.78 is 0.798. The van der Waals surface area contributed by atoms with Crippen molar-refractivity contribution in [3.63, 3.8) is 0 Å². The number of hydrogen-bond acceptors (Lipinski definition) is 3. The zero-order valence-corrected chi connectivity index (χ0v) is 17.5. The summed E-state index contributed by atoms with van der Waals surface area (Å²) in [5.41, 5.74) is 2.06. The summed E-state index contributed by atoms with van der Waals surface area (Å²) in [7, 11) is 0. The number of carbonyl (C=O) groups is 1. The Balaban J connectivity index is 1.71. The van der Waals surface area contributed by atoms with E-state index in [2.05, 4.69) is 38.0 Å². The van der Waals surface area contributed by atoms with E-state index in [1.54, 1.807) is 24.3 Å². The van der Waals surface area contributed by atoms with Crippen LogP contribution in [0.15, 0.2) is 40.9 Å². The van der Waals surface area contributed by atoms with Crippen LogP contribution in [-0.4, -0.2) is 43.5 Å². The molecule has 0 atom stereocenters. The molecule has 7 heteroatoms. The van der Waals surface area contributed by atoms with Gasteiger partial charge in [0.05, 0.1) is 21.3 Å². The first-order chi connectivity index (χ1) is 12.5. The van der Waals surface area contributed by atoms with Gasteiger partial charge in [-0.1, -0.05) is 46.1 Å². The van der Waals surface area contributed by atoms with Crippen molar-refractivity contribution >= 4 is 56.4 Å². The SMILES string of the molecule is CCN1CCN(c2ccc(NC(=O)c3cc(Br)ccc3Cl)cc2Cl)CC1. The lowest BCUT2D eigenvalue weighted by molar-refractivity contribution is 0.102. The molecule has 2 aromatic carbocycles. The number of nitrogens with one attached hydrogen (secondary N) is 1. The van der Waals surface area contributed by atoms with Gasteiger partial charge in [-0.2, -0.15) is 0 Å². The first-order valence-electron chi connectivity index (χ1n) is 8.51. The molecular formula is C19H20BrCl2N3O. The quantitative estimate of drug-likeness (QED) is 0.690. The zero-order valence-electron chi connectivity index (χ0n) is 14.4. The molecule has 0 aromatic heterocycles. The highest BCUT2D eigenvalue weighted by Crippen LogP contribution is 2.30. The van der Waals surface area contributed by atoms with E-state index >= 15 is 0 Å². The fourth-order valence-electron chi connectivity index (χ4n) is 3.02. The second-order valence-corrected chi connectivity index (χ2v) is 7.90. The average Bonchev–Trinajstić information content (AvgIpc) is 2.64. The van der Waals surface area contributed by atoms with E-state index in [0.29, 0.717) is 21.3 Å². The number of amides is 1. The maximum absolute atomic E-state index is 12.5. The normalized spacial score (nSPS) is 15.2. The standard InChI is InChI=1S/C19H20BrCl2N3O/c1-2-24-7-9-25(10-8-24)18-6-4-14(12-17(18)22)23-19(26)15-11-13(20)3-5-16(15)21/h3-6,11-12H,2,7-10H2,1H3,(H,23,26). The van der Waals surface area contributed by atoms with Gasteiger partial charge < -0.3 is 15.1 Å². The summed E-state index contributed by atoms with van der Waals surface area (Å²) in [5.74, 6) is -0.267. The van der Waals surface area contributed by atoms with Crippen LogP contribution in [0, 0.1) is 0 Å². The van der Waals surface area contributed by atoms with Crippen LogP contribution in [-0.2, 0) is 0 Å². The highest BCUT2D eigenvalue weighted by molar-refractivity contribution is 9.10. The molecule has 2 aromatic rings. The van der Waals surface area contributed by atoms with Crippen LogP contribution in [0.4, 0.5) is 11.4 Å². The van der Waals surface area contributed by atoms with Crippen molar-refractivity contribution in [3.05, 3.63) is 56.5 Å². The summed E-state index contributed by atoms with van der Waals surface area (Å²) in [6, 6.07) is 10.8. The molecule has 1 fully saturated rings. The molecule has 1 aliphatic heterocycles. The second-order valence-electron chi connectivity index (χ2n) is 6.17. The molecule has 26 heavy (non-hydrogen) atoms. The molecule has 1 heterocycles. The van der Waals surface area contributed by atoms with Crippen molar-refractivity contribution in [2.24, 2.45) is 0 Å². The van der Waals surface area contributed by atoms with Gasteiger partial charge in [0.2, 0.25) is 0 Å². The van der Waals surface area contributed by atoms with Gasteiger partial charge in [0.15, 0.2) is 0 Å². The number of halogens is 3. The van der Waals surface area contributed by atoms with Crippen molar-refractivity contribution in [2.45, 2.75) is 6.92 Å². The third kappa shape index (κ3) is 4.52. The minimum Gasteiger partial charge on any atom is -0.368 e. The third-order valence-corrected chi connectivity index (χ3v) is 5.66. The van der Waals surface area contributed by atoms with Gasteiger partial charge in [-0.25, -0.2) is 0 Å². The van der Waals surface area contributed by atoms with Gasteiger partial charge >= 0.3 is 0 Å². The number of carbonyl (C=O) groups excluding carboxylic acids is 1. The molecule has 0 radical (unpaired) electrons. The maximum atomic E-state index is 12.5. The van der Waals surface area contributed by atoms with Crippen molar-refractivity contribution < 1.29 is 4.79 Å². The van der Waals surface area contributed by atoms with Crippen molar-refractivity contribution in [1.82, 2.24) is 4.90 Å². The first-order valence-corrected chi connectivity index (χ1v) is 10.1. The summed E-state index contributed by atoms with van der Waals surface area (Å²) in [6.45, 7) is 7.22. The van der Waals surface area contributed by atoms with E-state index in [1.807, 2.05) is 12.1 Å². The minimum atomic E-state index is -0.267. The number of piperazine rings is 1. The second kappa shape index (κ2) is 8.61. The predicted octanol–water partition coefficient (Wildman–Crippen LogP) is 5.15. The van der Waals surface area contributed by atoms with E-state index in [4.69, 9.17) is 23.2 Å². The number of likely N-dealkylation sites (N-methyl/N-ethyl adjacent to an activating group) is 1. The van der Waals surface area contributed by atoms with E-state index in [0.717, 1.165) is 42.9 Å². The molecular weight excluding hydrogens is 437 g/mol.